The number of nitrogens with one attached hydrogen (secondary N) is 1. The van der Waals surface area contributed by atoms with Gasteiger partial charge in [0.15, 0.2) is 0 Å². The van der Waals surface area contributed by atoms with Crippen LogP contribution in [0.5, 0.6) is 5.88 Å². The molecule has 0 saturated heterocycles. The van der Waals surface area contributed by atoms with Crippen molar-refractivity contribution < 1.29 is 4.74 Å². The van der Waals surface area contributed by atoms with Crippen molar-refractivity contribution in [1.29, 1.82) is 0 Å². The molecule has 2 aromatic heterocycles. The van der Waals surface area contributed by atoms with Gasteiger partial charge in [0.05, 0.1) is 29.5 Å². The number of anilines is 2. The van der Waals surface area contributed by atoms with E-state index in [4.69, 9.17) is 10.5 Å². The molecule has 6 heteroatoms. The third kappa shape index (κ3) is 2.96. The van der Waals surface area contributed by atoms with Crippen molar-refractivity contribution in [2.75, 3.05) is 18.2 Å². The molecule has 102 valence electrons. The fraction of sp³-hybridized carbons (Fsp3) is 0.385. The Labute approximate surface area is 116 Å². The van der Waals surface area contributed by atoms with E-state index in [2.05, 4.69) is 22.2 Å². The van der Waals surface area contributed by atoms with Crippen LogP contribution in [0.2, 0.25) is 0 Å². The highest BCUT2D eigenvalue weighted by Gasteiger charge is 2.14. The van der Waals surface area contributed by atoms with Crippen LogP contribution in [0.15, 0.2) is 12.1 Å². The lowest BCUT2D eigenvalue weighted by molar-refractivity contribution is 0.401. The molecule has 2 rings (SSSR count). The first-order valence-corrected chi connectivity index (χ1v) is 6.84. The number of nitrogens with two attached hydrogens (primary N) is 1. The zero-order valence-electron chi connectivity index (χ0n) is 11.5. The van der Waals surface area contributed by atoms with Gasteiger partial charge in [0, 0.05) is 4.88 Å². The molecular formula is C13H18N4OS. The number of methoxy groups -OCH3 is 1. The summed E-state index contributed by atoms with van der Waals surface area (Å²) in [7, 11) is 1.56. The van der Waals surface area contributed by atoms with Crippen LogP contribution < -0.4 is 15.8 Å². The van der Waals surface area contributed by atoms with Gasteiger partial charge in [-0.1, -0.05) is 0 Å². The van der Waals surface area contributed by atoms with Crippen molar-refractivity contribution in [3.8, 4) is 5.88 Å². The van der Waals surface area contributed by atoms with Gasteiger partial charge in [0.25, 0.3) is 0 Å². The van der Waals surface area contributed by atoms with E-state index < -0.39 is 0 Å². The SMILES string of the molecule is COc1nc(NC(C)c2sc(C)nc2C)ccc1N. The largest absolute Gasteiger partial charge is 0.479 e. The molecule has 19 heavy (non-hydrogen) atoms. The standard InChI is InChI=1S/C13H18N4OS/c1-7-12(19-9(3)15-7)8(2)16-11-6-5-10(14)13(17-11)18-4/h5-6,8H,14H2,1-4H3,(H,16,17). The van der Waals surface area contributed by atoms with Crippen LogP contribution in [0.4, 0.5) is 11.5 Å². The summed E-state index contributed by atoms with van der Waals surface area (Å²) in [5.41, 5.74) is 7.34. The van der Waals surface area contributed by atoms with Gasteiger partial charge in [-0.2, -0.15) is 4.98 Å². The molecule has 5 nitrogen and oxygen atoms in total. The van der Waals surface area contributed by atoms with E-state index in [1.165, 1.54) is 4.88 Å². The molecule has 0 spiro atoms. The van der Waals surface area contributed by atoms with Crippen molar-refractivity contribution >= 4 is 22.8 Å². The van der Waals surface area contributed by atoms with Crippen LogP contribution in [0.1, 0.15) is 28.5 Å². The van der Waals surface area contributed by atoms with Gasteiger partial charge in [0.1, 0.15) is 5.82 Å². The highest BCUT2D eigenvalue weighted by atomic mass is 32.1. The molecule has 0 saturated carbocycles. The predicted molar refractivity (Wildman–Crippen MR) is 78.8 cm³/mol. The maximum Gasteiger partial charge on any atom is 0.238 e. The lowest BCUT2D eigenvalue weighted by Gasteiger charge is -2.14. The lowest BCUT2D eigenvalue weighted by Crippen LogP contribution is -2.08. The summed E-state index contributed by atoms with van der Waals surface area (Å²) in [5.74, 6) is 1.18. The Kier molecular flexibility index (Phi) is 3.90. The van der Waals surface area contributed by atoms with Gasteiger partial charge < -0.3 is 15.8 Å². The first-order chi connectivity index (χ1) is 9.01. The summed E-state index contributed by atoms with van der Waals surface area (Å²) in [6.07, 6.45) is 0. The van der Waals surface area contributed by atoms with Gasteiger partial charge >= 0.3 is 0 Å². The number of hydrogen-bond acceptors (Lipinski definition) is 6. The van der Waals surface area contributed by atoms with E-state index in [0.29, 0.717) is 11.6 Å². The maximum absolute atomic E-state index is 5.75. The van der Waals surface area contributed by atoms with Gasteiger partial charge in [-0.15, -0.1) is 11.3 Å². The lowest BCUT2D eigenvalue weighted by atomic mass is 10.2. The molecule has 0 aliphatic rings. The first-order valence-electron chi connectivity index (χ1n) is 6.02. The topological polar surface area (TPSA) is 73.1 Å². The average molecular weight is 278 g/mol. The van der Waals surface area contributed by atoms with Gasteiger partial charge in [-0.3, -0.25) is 0 Å². The van der Waals surface area contributed by atoms with E-state index in [1.54, 1.807) is 24.5 Å². The first kappa shape index (κ1) is 13.6. The minimum absolute atomic E-state index is 0.145. The monoisotopic (exact) mass is 278 g/mol. The van der Waals surface area contributed by atoms with Crippen LogP contribution in [0.25, 0.3) is 0 Å². The summed E-state index contributed by atoms with van der Waals surface area (Å²) in [5, 5.41) is 4.41. The number of rotatable bonds is 4. The molecule has 2 aromatic rings. The Balaban J connectivity index is 2.19. The molecule has 0 amide bonds. The van der Waals surface area contributed by atoms with E-state index in [0.717, 1.165) is 16.5 Å². The molecule has 1 atom stereocenters. The minimum atomic E-state index is 0.145. The number of aromatic nitrogens is 2. The number of aryl methyl sites for hydroxylation is 2. The van der Waals surface area contributed by atoms with Crippen LogP contribution in [-0.4, -0.2) is 17.1 Å². The van der Waals surface area contributed by atoms with Crippen molar-refractivity contribution in [2.45, 2.75) is 26.8 Å². The van der Waals surface area contributed by atoms with Crippen molar-refractivity contribution in [3.63, 3.8) is 0 Å². The summed E-state index contributed by atoms with van der Waals surface area (Å²) < 4.78 is 5.11. The summed E-state index contributed by atoms with van der Waals surface area (Å²) >= 11 is 1.70. The molecule has 0 aliphatic heterocycles. The number of hydrogen-bond donors (Lipinski definition) is 2. The summed E-state index contributed by atoms with van der Waals surface area (Å²) in [4.78, 5) is 9.97. The molecule has 1 unspecified atom stereocenters. The second-order valence-corrected chi connectivity index (χ2v) is 5.58. The number of nitrogens with zero attached hydrogens (tertiary/aromatic N) is 2. The van der Waals surface area contributed by atoms with Crippen LogP contribution in [-0.2, 0) is 0 Å². The summed E-state index contributed by atoms with van der Waals surface area (Å²) in [6.45, 7) is 6.12. The molecule has 0 fully saturated rings. The number of thiazole rings is 1. The molecule has 0 aromatic carbocycles. The van der Waals surface area contributed by atoms with E-state index in [-0.39, 0.29) is 6.04 Å². The molecule has 0 radical (unpaired) electrons. The number of ether oxygens (including phenoxy) is 1. The van der Waals surface area contributed by atoms with Crippen molar-refractivity contribution in [1.82, 2.24) is 9.97 Å². The van der Waals surface area contributed by atoms with E-state index in [1.807, 2.05) is 19.9 Å². The number of pyridine rings is 1. The quantitative estimate of drug-likeness (QED) is 0.899. The van der Waals surface area contributed by atoms with Gasteiger partial charge in [-0.05, 0) is 32.9 Å². The maximum atomic E-state index is 5.75. The second kappa shape index (κ2) is 5.44. The molecular weight excluding hydrogens is 260 g/mol. The van der Waals surface area contributed by atoms with Crippen LogP contribution >= 0.6 is 11.3 Å². The Morgan fingerprint density at radius 1 is 1.32 bits per heavy atom. The van der Waals surface area contributed by atoms with Crippen molar-refractivity contribution in [2.24, 2.45) is 0 Å². The van der Waals surface area contributed by atoms with E-state index >= 15 is 0 Å². The molecule has 2 heterocycles. The minimum Gasteiger partial charge on any atom is -0.479 e. The fourth-order valence-electron chi connectivity index (χ4n) is 1.93. The Hall–Kier alpha value is -1.82. The average Bonchev–Trinajstić information content (AvgIpc) is 2.71. The fourth-order valence-corrected chi connectivity index (χ4v) is 2.86. The molecule has 0 bridgehead atoms. The second-order valence-electron chi connectivity index (χ2n) is 4.34. The van der Waals surface area contributed by atoms with Gasteiger partial charge in [-0.25, -0.2) is 4.98 Å². The third-order valence-corrected chi connectivity index (χ3v) is 4.04. The van der Waals surface area contributed by atoms with Crippen LogP contribution in [0, 0.1) is 13.8 Å². The van der Waals surface area contributed by atoms with Crippen LogP contribution in [0.3, 0.4) is 0 Å². The molecule has 0 aliphatic carbocycles. The Bertz CT molecular complexity index is 582. The highest BCUT2D eigenvalue weighted by Crippen LogP contribution is 2.28. The Morgan fingerprint density at radius 2 is 2.05 bits per heavy atom. The normalized spacial score (nSPS) is 12.2. The molecule has 3 N–H and O–H groups in total. The smallest absolute Gasteiger partial charge is 0.238 e. The highest BCUT2D eigenvalue weighted by molar-refractivity contribution is 7.11. The van der Waals surface area contributed by atoms with E-state index in [9.17, 15) is 0 Å². The zero-order valence-corrected chi connectivity index (χ0v) is 12.3. The third-order valence-electron chi connectivity index (χ3n) is 2.78. The van der Waals surface area contributed by atoms with Crippen molar-refractivity contribution in [3.05, 3.63) is 27.7 Å². The number of nitrogen functional groups attached to an aromatic ring is 1. The van der Waals surface area contributed by atoms with Gasteiger partial charge in [0.2, 0.25) is 5.88 Å². The zero-order chi connectivity index (χ0) is 14.0. The predicted octanol–water partition coefficient (Wildman–Crippen LogP) is 2.92. The Morgan fingerprint density at radius 3 is 2.63 bits per heavy atom. The summed E-state index contributed by atoms with van der Waals surface area (Å²) in [6, 6.07) is 3.77.